The molecule has 2 heterocycles. The van der Waals surface area contributed by atoms with Crippen LogP contribution in [-0.2, 0) is 6.18 Å². The molecule has 0 bridgehead atoms. The van der Waals surface area contributed by atoms with Gasteiger partial charge in [0.2, 0.25) is 0 Å². The molecule has 7 heteroatoms. The van der Waals surface area contributed by atoms with Crippen LogP contribution in [0, 0.1) is 5.92 Å². The minimum absolute atomic E-state index is 0.0310. The molecule has 1 aromatic heterocycles. The molecule has 3 N–H and O–H groups in total. The molecule has 106 valence electrons. The zero-order valence-corrected chi connectivity index (χ0v) is 10.7. The van der Waals surface area contributed by atoms with Crippen molar-refractivity contribution < 1.29 is 13.2 Å². The van der Waals surface area contributed by atoms with Gasteiger partial charge in [-0.3, -0.25) is 0 Å². The Labute approximate surface area is 109 Å². The van der Waals surface area contributed by atoms with Gasteiger partial charge in [-0.1, -0.05) is 6.92 Å². The Kier molecular flexibility index (Phi) is 3.84. The SMILES string of the molecule is CC1CCN(c2cc(C(F)(F)F)cc(NN)n2)CC1. The molecular weight excluding hydrogens is 257 g/mol. The lowest BCUT2D eigenvalue weighted by atomic mass is 9.99. The quantitative estimate of drug-likeness (QED) is 0.643. The number of nitrogens with two attached hydrogens (primary N) is 1. The van der Waals surface area contributed by atoms with Crippen LogP contribution in [0.1, 0.15) is 25.3 Å². The van der Waals surface area contributed by atoms with Crippen LogP contribution in [0.15, 0.2) is 12.1 Å². The molecule has 2 rings (SSSR count). The number of hydrazine groups is 1. The molecular formula is C12H17F3N4. The van der Waals surface area contributed by atoms with Gasteiger partial charge in [0, 0.05) is 13.1 Å². The lowest BCUT2D eigenvalue weighted by Gasteiger charge is -2.31. The van der Waals surface area contributed by atoms with E-state index in [0.29, 0.717) is 11.7 Å². The Balaban J connectivity index is 2.29. The molecule has 0 amide bonds. The van der Waals surface area contributed by atoms with Gasteiger partial charge < -0.3 is 10.3 Å². The number of nitrogens with one attached hydrogen (secondary N) is 1. The smallest absolute Gasteiger partial charge is 0.357 e. The second kappa shape index (κ2) is 5.24. The normalized spacial score (nSPS) is 17.6. The summed E-state index contributed by atoms with van der Waals surface area (Å²) in [5.74, 6) is 6.15. The van der Waals surface area contributed by atoms with E-state index >= 15 is 0 Å². The zero-order valence-electron chi connectivity index (χ0n) is 10.7. The van der Waals surface area contributed by atoms with E-state index in [2.05, 4.69) is 17.3 Å². The topological polar surface area (TPSA) is 54.2 Å². The maximum atomic E-state index is 12.8. The third-order valence-corrected chi connectivity index (χ3v) is 3.39. The van der Waals surface area contributed by atoms with Crippen molar-refractivity contribution in [3.05, 3.63) is 17.7 Å². The summed E-state index contributed by atoms with van der Waals surface area (Å²) in [4.78, 5) is 5.98. The average molecular weight is 274 g/mol. The summed E-state index contributed by atoms with van der Waals surface area (Å²) >= 11 is 0. The molecule has 1 saturated heterocycles. The molecule has 0 unspecified atom stereocenters. The first kappa shape index (κ1) is 13.9. The number of hydrogen-bond donors (Lipinski definition) is 2. The highest BCUT2D eigenvalue weighted by Gasteiger charge is 2.32. The summed E-state index contributed by atoms with van der Waals surface area (Å²) in [5.41, 5.74) is 1.46. The Bertz CT molecular complexity index is 439. The van der Waals surface area contributed by atoms with Crippen LogP contribution in [0.3, 0.4) is 0 Å². The number of hydrogen-bond acceptors (Lipinski definition) is 4. The molecule has 4 nitrogen and oxygen atoms in total. The number of alkyl halides is 3. The second-order valence-electron chi connectivity index (χ2n) is 4.91. The van der Waals surface area contributed by atoms with Gasteiger partial charge in [0.25, 0.3) is 0 Å². The molecule has 0 radical (unpaired) electrons. The van der Waals surface area contributed by atoms with Crippen molar-refractivity contribution in [2.24, 2.45) is 11.8 Å². The summed E-state index contributed by atoms with van der Waals surface area (Å²) in [7, 11) is 0. The van der Waals surface area contributed by atoms with E-state index in [1.807, 2.05) is 4.90 Å². The second-order valence-corrected chi connectivity index (χ2v) is 4.91. The fourth-order valence-corrected chi connectivity index (χ4v) is 2.15. The highest BCUT2D eigenvalue weighted by Crippen LogP contribution is 2.33. The minimum Gasteiger partial charge on any atom is -0.357 e. The fraction of sp³-hybridized carbons (Fsp3) is 0.583. The molecule has 0 saturated carbocycles. The van der Waals surface area contributed by atoms with Gasteiger partial charge in [-0.05, 0) is 30.9 Å². The molecule has 1 fully saturated rings. The summed E-state index contributed by atoms with van der Waals surface area (Å²) in [6.07, 6.45) is -2.47. The number of nitrogen functional groups attached to an aromatic ring is 1. The van der Waals surface area contributed by atoms with E-state index in [4.69, 9.17) is 5.84 Å². The average Bonchev–Trinajstić information content (AvgIpc) is 2.38. The van der Waals surface area contributed by atoms with Gasteiger partial charge in [-0.2, -0.15) is 13.2 Å². The maximum Gasteiger partial charge on any atom is 0.416 e. The summed E-state index contributed by atoms with van der Waals surface area (Å²) < 4.78 is 38.4. The van der Waals surface area contributed by atoms with E-state index in [1.54, 1.807) is 0 Å². The monoisotopic (exact) mass is 274 g/mol. The van der Waals surface area contributed by atoms with Gasteiger partial charge >= 0.3 is 6.18 Å². The highest BCUT2D eigenvalue weighted by atomic mass is 19.4. The van der Waals surface area contributed by atoms with Crippen LogP contribution >= 0.6 is 0 Å². The number of piperidine rings is 1. The Morgan fingerprint density at radius 3 is 2.47 bits per heavy atom. The van der Waals surface area contributed by atoms with E-state index in [9.17, 15) is 13.2 Å². The molecule has 1 aliphatic heterocycles. The maximum absolute atomic E-state index is 12.8. The Morgan fingerprint density at radius 1 is 1.32 bits per heavy atom. The van der Waals surface area contributed by atoms with Crippen molar-refractivity contribution in [3.8, 4) is 0 Å². The van der Waals surface area contributed by atoms with Crippen molar-refractivity contribution >= 4 is 11.6 Å². The van der Waals surface area contributed by atoms with Crippen LogP contribution in [0.2, 0.25) is 0 Å². The number of aromatic nitrogens is 1. The number of nitrogens with zero attached hydrogens (tertiary/aromatic N) is 2. The third kappa shape index (κ3) is 3.28. The van der Waals surface area contributed by atoms with E-state index < -0.39 is 11.7 Å². The molecule has 0 aromatic carbocycles. The van der Waals surface area contributed by atoms with Gasteiger partial charge in [0.05, 0.1) is 5.56 Å². The van der Waals surface area contributed by atoms with Gasteiger partial charge in [-0.15, -0.1) is 0 Å². The van der Waals surface area contributed by atoms with Gasteiger partial charge in [0.15, 0.2) is 0 Å². The summed E-state index contributed by atoms with van der Waals surface area (Å²) in [5, 5.41) is 0. The van der Waals surface area contributed by atoms with Crippen LogP contribution in [0.5, 0.6) is 0 Å². The van der Waals surface area contributed by atoms with Crippen LogP contribution in [-0.4, -0.2) is 18.1 Å². The number of anilines is 2. The lowest BCUT2D eigenvalue weighted by Crippen LogP contribution is -2.33. The van der Waals surface area contributed by atoms with Crippen LogP contribution in [0.4, 0.5) is 24.8 Å². The molecule has 1 aromatic rings. The molecule has 0 atom stereocenters. The number of pyridine rings is 1. The van der Waals surface area contributed by atoms with Crippen LogP contribution < -0.4 is 16.2 Å². The Morgan fingerprint density at radius 2 is 1.95 bits per heavy atom. The summed E-state index contributed by atoms with van der Waals surface area (Å²) in [6.45, 7) is 3.59. The van der Waals surface area contributed by atoms with Gasteiger partial charge in [0.1, 0.15) is 11.6 Å². The highest BCUT2D eigenvalue weighted by molar-refractivity contribution is 5.51. The third-order valence-electron chi connectivity index (χ3n) is 3.39. The molecule has 19 heavy (non-hydrogen) atoms. The standard InChI is InChI=1S/C12H17F3N4/c1-8-2-4-19(5-3-8)11-7-9(12(13,14)15)6-10(17-11)18-16/h6-8H,2-5,16H2,1H3,(H,17,18). The molecule has 1 aliphatic rings. The van der Waals surface area contributed by atoms with E-state index in [-0.39, 0.29) is 5.82 Å². The lowest BCUT2D eigenvalue weighted by molar-refractivity contribution is -0.137. The zero-order chi connectivity index (χ0) is 14.0. The van der Waals surface area contributed by atoms with Crippen molar-refractivity contribution in [3.63, 3.8) is 0 Å². The predicted octanol–water partition coefficient (Wildman–Crippen LogP) is 2.62. The largest absolute Gasteiger partial charge is 0.416 e. The number of halogens is 3. The molecule has 0 spiro atoms. The van der Waals surface area contributed by atoms with Crippen molar-refractivity contribution in [1.29, 1.82) is 0 Å². The fourth-order valence-electron chi connectivity index (χ4n) is 2.15. The van der Waals surface area contributed by atoms with Crippen molar-refractivity contribution in [1.82, 2.24) is 4.98 Å². The van der Waals surface area contributed by atoms with Crippen molar-refractivity contribution in [2.75, 3.05) is 23.4 Å². The first-order chi connectivity index (χ1) is 8.90. The van der Waals surface area contributed by atoms with Gasteiger partial charge in [-0.25, -0.2) is 10.8 Å². The molecule has 0 aliphatic carbocycles. The van der Waals surface area contributed by atoms with E-state index in [1.165, 1.54) is 0 Å². The van der Waals surface area contributed by atoms with Crippen LogP contribution in [0.25, 0.3) is 0 Å². The minimum atomic E-state index is -4.40. The first-order valence-corrected chi connectivity index (χ1v) is 6.21. The summed E-state index contributed by atoms with van der Waals surface area (Å²) in [6, 6.07) is 1.99. The Hall–Kier alpha value is -1.50. The predicted molar refractivity (Wildman–Crippen MR) is 67.7 cm³/mol. The van der Waals surface area contributed by atoms with Crippen molar-refractivity contribution in [2.45, 2.75) is 25.9 Å². The number of rotatable bonds is 2. The van der Waals surface area contributed by atoms with E-state index in [0.717, 1.165) is 38.1 Å². The first-order valence-electron chi connectivity index (χ1n) is 6.21.